The second-order valence-corrected chi connectivity index (χ2v) is 5.75. The zero-order valence-corrected chi connectivity index (χ0v) is 13.5. The molecule has 0 saturated carbocycles. The molecular weight excluding hydrogens is 396 g/mol. The molecule has 3 rings (SSSR count). The summed E-state index contributed by atoms with van der Waals surface area (Å²) >= 11 is 1.88. The van der Waals surface area contributed by atoms with Gasteiger partial charge in [-0.25, -0.2) is 9.07 Å². The van der Waals surface area contributed by atoms with Crippen molar-refractivity contribution in [1.82, 2.24) is 9.78 Å². The van der Waals surface area contributed by atoms with E-state index in [1.165, 1.54) is 6.07 Å². The number of nitrogens with one attached hydrogen (secondary N) is 1. The summed E-state index contributed by atoms with van der Waals surface area (Å²) in [7, 11) is 0. The van der Waals surface area contributed by atoms with E-state index in [2.05, 4.69) is 10.4 Å². The van der Waals surface area contributed by atoms with Crippen molar-refractivity contribution in [2.45, 2.75) is 0 Å². The number of rotatable bonds is 3. The second kappa shape index (κ2) is 6.27. The second-order valence-electron chi connectivity index (χ2n) is 4.59. The first-order valence-corrected chi connectivity index (χ1v) is 7.58. The van der Waals surface area contributed by atoms with E-state index in [1.54, 1.807) is 29.2 Å². The molecule has 0 aliphatic carbocycles. The molecule has 4 nitrogen and oxygen atoms in total. The van der Waals surface area contributed by atoms with Gasteiger partial charge in [-0.05, 0) is 52.9 Å². The molecule has 0 atom stereocenters. The molecule has 0 aliphatic heterocycles. The van der Waals surface area contributed by atoms with Crippen LogP contribution in [0.2, 0.25) is 0 Å². The molecule has 0 spiro atoms. The first-order chi connectivity index (χ1) is 10.6. The van der Waals surface area contributed by atoms with Crippen LogP contribution in [-0.2, 0) is 0 Å². The number of anilines is 1. The highest BCUT2D eigenvalue weighted by atomic mass is 127. The number of halogens is 2. The van der Waals surface area contributed by atoms with Crippen molar-refractivity contribution >= 4 is 34.2 Å². The molecule has 22 heavy (non-hydrogen) atoms. The summed E-state index contributed by atoms with van der Waals surface area (Å²) in [5.41, 5.74) is 1.71. The molecule has 0 saturated heterocycles. The maximum Gasteiger partial charge on any atom is 0.255 e. The third-order valence-electron chi connectivity index (χ3n) is 3.04. The Kier molecular flexibility index (Phi) is 4.19. The maximum atomic E-state index is 13.5. The number of para-hydroxylation sites is 1. The standard InChI is InChI=1S/C16H11FIN3O/c17-14-8-11(6-7-15(14)18)16(22)20-12-9-19-21(10-12)13-4-2-1-3-5-13/h1-10H,(H,20,22). The fourth-order valence-corrected chi connectivity index (χ4v) is 2.29. The fourth-order valence-electron chi connectivity index (χ4n) is 1.95. The molecule has 110 valence electrons. The van der Waals surface area contributed by atoms with Crippen molar-refractivity contribution in [2.24, 2.45) is 0 Å². The highest BCUT2D eigenvalue weighted by molar-refractivity contribution is 14.1. The molecule has 1 heterocycles. The fraction of sp³-hybridized carbons (Fsp3) is 0. The van der Waals surface area contributed by atoms with Crippen LogP contribution in [0, 0.1) is 9.39 Å². The molecule has 1 aromatic heterocycles. The first kappa shape index (κ1) is 14.7. The quantitative estimate of drug-likeness (QED) is 0.671. The average Bonchev–Trinajstić information content (AvgIpc) is 2.99. The minimum absolute atomic E-state index is 0.269. The van der Waals surface area contributed by atoms with Crippen molar-refractivity contribution in [2.75, 3.05) is 5.32 Å². The van der Waals surface area contributed by atoms with Gasteiger partial charge in [0.2, 0.25) is 0 Å². The monoisotopic (exact) mass is 407 g/mol. The lowest BCUT2D eigenvalue weighted by Gasteiger charge is -2.03. The molecule has 1 N–H and O–H groups in total. The lowest BCUT2D eigenvalue weighted by atomic mass is 10.2. The number of amides is 1. The van der Waals surface area contributed by atoms with Gasteiger partial charge in [-0.2, -0.15) is 5.10 Å². The Labute approximate surface area is 140 Å². The molecule has 0 radical (unpaired) electrons. The topological polar surface area (TPSA) is 46.9 Å². The van der Waals surface area contributed by atoms with Crippen LogP contribution in [0.25, 0.3) is 5.69 Å². The van der Waals surface area contributed by atoms with Crippen molar-refractivity contribution in [3.63, 3.8) is 0 Å². The van der Waals surface area contributed by atoms with Gasteiger partial charge in [-0.15, -0.1) is 0 Å². The SMILES string of the molecule is O=C(Nc1cnn(-c2ccccc2)c1)c1ccc(I)c(F)c1. The van der Waals surface area contributed by atoms with E-state index in [0.717, 1.165) is 5.69 Å². The number of hydrogen-bond acceptors (Lipinski definition) is 2. The number of nitrogens with zero attached hydrogens (tertiary/aromatic N) is 2. The van der Waals surface area contributed by atoms with Crippen molar-refractivity contribution in [3.8, 4) is 5.69 Å². The van der Waals surface area contributed by atoms with Crippen LogP contribution in [-0.4, -0.2) is 15.7 Å². The third kappa shape index (κ3) is 3.16. The molecule has 1 amide bonds. The number of carbonyl (C=O) groups is 1. The van der Waals surface area contributed by atoms with E-state index < -0.39 is 5.82 Å². The predicted molar refractivity (Wildman–Crippen MR) is 90.6 cm³/mol. The van der Waals surface area contributed by atoms with Crippen LogP contribution in [0.4, 0.5) is 10.1 Å². The minimum Gasteiger partial charge on any atom is -0.319 e. The molecule has 0 fully saturated rings. The van der Waals surface area contributed by atoms with E-state index in [1.807, 2.05) is 52.9 Å². The predicted octanol–water partition coefficient (Wildman–Crippen LogP) is 3.87. The van der Waals surface area contributed by atoms with Gasteiger partial charge < -0.3 is 5.32 Å². The number of benzene rings is 2. The van der Waals surface area contributed by atoms with E-state index in [9.17, 15) is 9.18 Å². The average molecular weight is 407 g/mol. The molecule has 0 bridgehead atoms. The Hall–Kier alpha value is -2.22. The van der Waals surface area contributed by atoms with Crippen molar-refractivity contribution < 1.29 is 9.18 Å². The molecule has 2 aromatic carbocycles. The van der Waals surface area contributed by atoms with E-state index >= 15 is 0 Å². The van der Waals surface area contributed by atoms with Crippen LogP contribution in [0.15, 0.2) is 60.9 Å². The van der Waals surface area contributed by atoms with Crippen LogP contribution in [0.5, 0.6) is 0 Å². The largest absolute Gasteiger partial charge is 0.319 e. The number of aromatic nitrogens is 2. The summed E-state index contributed by atoms with van der Waals surface area (Å²) in [5, 5.41) is 6.90. The Bertz CT molecular complexity index is 817. The normalized spacial score (nSPS) is 10.5. The summed E-state index contributed by atoms with van der Waals surface area (Å²) in [5.74, 6) is -0.781. The van der Waals surface area contributed by atoms with E-state index in [0.29, 0.717) is 9.26 Å². The van der Waals surface area contributed by atoms with Crippen LogP contribution < -0.4 is 5.32 Å². The van der Waals surface area contributed by atoms with Gasteiger partial charge >= 0.3 is 0 Å². The van der Waals surface area contributed by atoms with E-state index in [4.69, 9.17) is 0 Å². The highest BCUT2D eigenvalue weighted by Crippen LogP contribution is 2.15. The van der Waals surface area contributed by atoms with Crippen molar-refractivity contribution in [3.05, 3.63) is 75.9 Å². The summed E-state index contributed by atoms with van der Waals surface area (Å²) in [4.78, 5) is 12.1. The van der Waals surface area contributed by atoms with Gasteiger partial charge in [0, 0.05) is 9.13 Å². The first-order valence-electron chi connectivity index (χ1n) is 6.50. The molecule has 0 unspecified atom stereocenters. The van der Waals surface area contributed by atoms with Gasteiger partial charge in [0.15, 0.2) is 0 Å². The van der Waals surface area contributed by atoms with E-state index in [-0.39, 0.29) is 11.5 Å². The molecule has 0 aliphatic rings. The van der Waals surface area contributed by atoms with Crippen LogP contribution in [0.1, 0.15) is 10.4 Å². The summed E-state index contributed by atoms with van der Waals surface area (Å²) in [6, 6.07) is 13.9. The minimum atomic E-state index is -0.409. The summed E-state index contributed by atoms with van der Waals surface area (Å²) < 4.78 is 15.6. The Morgan fingerprint density at radius 3 is 2.68 bits per heavy atom. The van der Waals surface area contributed by atoms with Gasteiger partial charge in [0.25, 0.3) is 5.91 Å². The number of hydrogen-bond donors (Lipinski definition) is 1. The van der Waals surface area contributed by atoms with Crippen LogP contribution in [0.3, 0.4) is 0 Å². The Morgan fingerprint density at radius 1 is 1.18 bits per heavy atom. The van der Waals surface area contributed by atoms with Gasteiger partial charge in [0.1, 0.15) is 5.82 Å². The Morgan fingerprint density at radius 2 is 1.95 bits per heavy atom. The molecule has 3 aromatic rings. The Balaban J connectivity index is 1.77. The summed E-state index contributed by atoms with van der Waals surface area (Å²) in [6.07, 6.45) is 3.25. The smallest absolute Gasteiger partial charge is 0.255 e. The van der Waals surface area contributed by atoms with Gasteiger partial charge in [-0.1, -0.05) is 18.2 Å². The van der Waals surface area contributed by atoms with Gasteiger partial charge in [0.05, 0.1) is 23.8 Å². The number of carbonyl (C=O) groups excluding carboxylic acids is 1. The lowest BCUT2D eigenvalue weighted by molar-refractivity contribution is 0.102. The third-order valence-corrected chi connectivity index (χ3v) is 3.92. The van der Waals surface area contributed by atoms with Crippen LogP contribution >= 0.6 is 22.6 Å². The van der Waals surface area contributed by atoms with Gasteiger partial charge in [-0.3, -0.25) is 4.79 Å². The zero-order chi connectivity index (χ0) is 15.5. The maximum absolute atomic E-state index is 13.5. The lowest BCUT2D eigenvalue weighted by Crippen LogP contribution is -2.11. The molecule has 6 heteroatoms. The highest BCUT2D eigenvalue weighted by Gasteiger charge is 2.10. The van der Waals surface area contributed by atoms with Crippen molar-refractivity contribution in [1.29, 1.82) is 0 Å². The molecular formula is C16H11FIN3O. The summed E-state index contributed by atoms with van der Waals surface area (Å²) in [6.45, 7) is 0. The zero-order valence-electron chi connectivity index (χ0n) is 11.3.